The highest BCUT2D eigenvalue weighted by Gasteiger charge is 2.30. The van der Waals surface area contributed by atoms with Crippen LogP contribution >= 0.6 is 0 Å². The molecule has 0 atom stereocenters. The van der Waals surface area contributed by atoms with Crippen molar-refractivity contribution in [1.82, 2.24) is 0 Å². The Morgan fingerprint density at radius 2 is 1.78 bits per heavy atom. The molecule has 0 aliphatic rings. The lowest BCUT2D eigenvalue weighted by molar-refractivity contribution is -0.137. The first-order valence-corrected chi connectivity index (χ1v) is 7.13. The van der Waals surface area contributed by atoms with Gasteiger partial charge in [0, 0.05) is 17.9 Å². The zero-order valence-corrected chi connectivity index (χ0v) is 12.8. The number of benzene rings is 2. The maximum absolute atomic E-state index is 12.5. The average molecular weight is 322 g/mol. The Bertz CT molecular complexity index is 681. The Morgan fingerprint density at radius 1 is 1.13 bits per heavy atom. The minimum absolute atomic E-state index is 0.314. The van der Waals surface area contributed by atoms with Crippen LogP contribution in [0.25, 0.3) is 0 Å². The third-order valence-corrected chi connectivity index (χ3v) is 3.34. The van der Waals surface area contributed by atoms with Gasteiger partial charge in [0.1, 0.15) is 0 Å². The van der Waals surface area contributed by atoms with Crippen molar-refractivity contribution in [3.63, 3.8) is 0 Å². The number of carbonyl (C=O) groups is 1. The van der Waals surface area contributed by atoms with E-state index in [2.05, 4.69) is 5.32 Å². The molecule has 3 nitrogen and oxygen atoms in total. The number of urea groups is 1. The molecule has 2 rings (SSSR count). The Hall–Kier alpha value is -2.50. The molecule has 0 aromatic heterocycles. The molecule has 0 spiro atoms. The van der Waals surface area contributed by atoms with Crippen molar-refractivity contribution in [2.24, 2.45) is 0 Å². The predicted octanol–water partition coefficient (Wildman–Crippen LogP) is 5.07. The average Bonchev–Trinajstić information content (AvgIpc) is 2.47. The summed E-state index contributed by atoms with van der Waals surface area (Å²) >= 11 is 0. The molecule has 0 heterocycles. The molecule has 1 N–H and O–H groups in total. The maximum Gasteiger partial charge on any atom is 0.416 e. The fourth-order valence-corrected chi connectivity index (χ4v) is 2.17. The number of carbonyl (C=O) groups excluding carboxylic acids is 1. The summed E-state index contributed by atoms with van der Waals surface area (Å²) in [7, 11) is 0. The van der Waals surface area contributed by atoms with Gasteiger partial charge in [-0.05, 0) is 55.8 Å². The van der Waals surface area contributed by atoms with Gasteiger partial charge in [-0.15, -0.1) is 0 Å². The van der Waals surface area contributed by atoms with E-state index >= 15 is 0 Å². The van der Waals surface area contributed by atoms with Gasteiger partial charge < -0.3 is 5.32 Å². The van der Waals surface area contributed by atoms with Gasteiger partial charge in [0.25, 0.3) is 0 Å². The van der Waals surface area contributed by atoms with E-state index in [1.165, 1.54) is 17.0 Å². The van der Waals surface area contributed by atoms with Gasteiger partial charge in [0.05, 0.1) is 5.56 Å². The molecule has 6 heteroatoms. The molecule has 2 aromatic rings. The molecule has 2 amide bonds. The van der Waals surface area contributed by atoms with Crippen molar-refractivity contribution in [2.45, 2.75) is 20.0 Å². The number of halogens is 3. The molecule has 2 aromatic carbocycles. The molecule has 0 aliphatic carbocycles. The topological polar surface area (TPSA) is 32.3 Å². The Morgan fingerprint density at radius 3 is 2.30 bits per heavy atom. The number of alkyl halides is 3. The molecule has 0 aliphatic heterocycles. The molecule has 0 fully saturated rings. The number of anilines is 2. The maximum atomic E-state index is 12.5. The molecule has 122 valence electrons. The zero-order chi connectivity index (χ0) is 17.0. The van der Waals surface area contributed by atoms with Crippen LogP contribution in [0.1, 0.15) is 18.1 Å². The largest absolute Gasteiger partial charge is 0.416 e. The molecular weight excluding hydrogens is 305 g/mol. The van der Waals surface area contributed by atoms with Crippen molar-refractivity contribution in [2.75, 3.05) is 16.8 Å². The summed E-state index contributed by atoms with van der Waals surface area (Å²) in [4.78, 5) is 13.8. The third kappa shape index (κ3) is 4.25. The molecule has 0 saturated carbocycles. The van der Waals surface area contributed by atoms with E-state index in [-0.39, 0.29) is 0 Å². The van der Waals surface area contributed by atoms with Crippen LogP contribution in [0.4, 0.5) is 29.3 Å². The normalized spacial score (nSPS) is 11.2. The lowest BCUT2D eigenvalue weighted by Gasteiger charge is -2.22. The van der Waals surface area contributed by atoms with Crippen molar-refractivity contribution in [3.05, 3.63) is 59.7 Å². The van der Waals surface area contributed by atoms with Gasteiger partial charge in [-0.25, -0.2) is 4.79 Å². The number of nitrogens with zero attached hydrogens (tertiary/aromatic N) is 1. The number of hydrogen-bond donors (Lipinski definition) is 1. The highest BCUT2D eigenvalue weighted by molar-refractivity contribution is 6.01. The summed E-state index contributed by atoms with van der Waals surface area (Å²) < 4.78 is 37.6. The first-order chi connectivity index (χ1) is 10.8. The fourth-order valence-electron chi connectivity index (χ4n) is 2.17. The van der Waals surface area contributed by atoms with E-state index in [0.29, 0.717) is 12.2 Å². The van der Waals surface area contributed by atoms with E-state index in [1.807, 2.05) is 38.1 Å². The fraction of sp³-hybridized carbons (Fsp3) is 0.235. The number of rotatable bonds is 3. The zero-order valence-electron chi connectivity index (χ0n) is 12.8. The van der Waals surface area contributed by atoms with Gasteiger partial charge in [0.2, 0.25) is 0 Å². The third-order valence-electron chi connectivity index (χ3n) is 3.34. The smallest absolute Gasteiger partial charge is 0.308 e. The van der Waals surface area contributed by atoms with E-state index in [4.69, 9.17) is 0 Å². The number of amides is 2. The van der Waals surface area contributed by atoms with Crippen LogP contribution in [0.5, 0.6) is 0 Å². The van der Waals surface area contributed by atoms with E-state index in [0.717, 1.165) is 23.4 Å². The standard InChI is InChI=1S/C17H17F3N2O/c1-3-22(15-6-4-5-12(2)11-15)16(23)21-14-9-7-13(8-10-14)17(18,19)20/h4-11H,3H2,1-2H3,(H,21,23). The molecule has 0 bridgehead atoms. The number of hydrogen-bond acceptors (Lipinski definition) is 1. The summed E-state index contributed by atoms with van der Waals surface area (Å²) in [5.74, 6) is 0. The van der Waals surface area contributed by atoms with Crippen molar-refractivity contribution in [1.29, 1.82) is 0 Å². The summed E-state index contributed by atoms with van der Waals surface area (Å²) in [6.45, 7) is 4.19. The molecular formula is C17H17F3N2O. The summed E-state index contributed by atoms with van der Waals surface area (Å²) in [5.41, 5.74) is 1.32. The van der Waals surface area contributed by atoms with E-state index in [1.54, 1.807) is 0 Å². The van der Waals surface area contributed by atoms with E-state index in [9.17, 15) is 18.0 Å². The highest BCUT2D eigenvalue weighted by Crippen LogP contribution is 2.30. The van der Waals surface area contributed by atoms with Gasteiger partial charge in [-0.1, -0.05) is 12.1 Å². The quantitative estimate of drug-likeness (QED) is 0.840. The van der Waals surface area contributed by atoms with Crippen LogP contribution in [0.2, 0.25) is 0 Å². The van der Waals surface area contributed by atoms with Crippen LogP contribution in [0.3, 0.4) is 0 Å². The monoisotopic (exact) mass is 322 g/mol. The number of nitrogens with one attached hydrogen (secondary N) is 1. The second-order valence-corrected chi connectivity index (χ2v) is 5.09. The van der Waals surface area contributed by atoms with Crippen LogP contribution in [-0.2, 0) is 6.18 Å². The lowest BCUT2D eigenvalue weighted by atomic mass is 10.2. The second-order valence-electron chi connectivity index (χ2n) is 5.09. The SMILES string of the molecule is CCN(C(=O)Nc1ccc(C(F)(F)F)cc1)c1cccc(C)c1. The first kappa shape index (κ1) is 16.9. The Labute approximate surface area is 132 Å². The van der Waals surface area contributed by atoms with Crippen LogP contribution in [0.15, 0.2) is 48.5 Å². The van der Waals surface area contributed by atoms with Gasteiger partial charge in [-0.2, -0.15) is 13.2 Å². The Kier molecular flexibility index (Phi) is 4.93. The van der Waals surface area contributed by atoms with Gasteiger partial charge >= 0.3 is 12.2 Å². The summed E-state index contributed by atoms with van der Waals surface area (Å²) in [5, 5.41) is 2.61. The van der Waals surface area contributed by atoms with Gasteiger partial charge in [-0.3, -0.25) is 4.90 Å². The van der Waals surface area contributed by atoms with Crippen molar-refractivity contribution < 1.29 is 18.0 Å². The van der Waals surface area contributed by atoms with E-state index < -0.39 is 17.8 Å². The van der Waals surface area contributed by atoms with Crippen LogP contribution < -0.4 is 10.2 Å². The molecule has 0 unspecified atom stereocenters. The van der Waals surface area contributed by atoms with Crippen molar-refractivity contribution >= 4 is 17.4 Å². The molecule has 23 heavy (non-hydrogen) atoms. The van der Waals surface area contributed by atoms with Crippen LogP contribution in [-0.4, -0.2) is 12.6 Å². The Balaban J connectivity index is 2.14. The highest BCUT2D eigenvalue weighted by atomic mass is 19.4. The second kappa shape index (κ2) is 6.73. The summed E-state index contributed by atoms with van der Waals surface area (Å²) in [6, 6.07) is 11.4. The molecule has 0 saturated heterocycles. The van der Waals surface area contributed by atoms with Crippen LogP contribution in [0, 0.1) is 6.92 Å². The predicted molar refractivity (Wildman–Crippen MR) is 84.7 cm³/mol. The minimum atomic E-state index is -4.39. The van der Waals surface area contributed by atoms with Crippen molar-refractivity contribution in [3.8, 4) is 0 Å². The summed E-state index contributed by atoms with van der Waals surface area (Å²) in [6.07, 6.45) is -4.39. The lowest BCUT2D eigenvalue weighted by Crippen LogP contribution is -2.34. The number of aryl methyl sites for hydroxylation is 1. The molecule has 0 radical (unpaired) electrons. The minimum Gasteiger partial charge on any atom is -0.308 e. The van der Waals surface area contributed by atoms with Gasteiger partial charge in [0.15, 0.2) is 0 Å². The first-order valence-electron chi connectivity index (χ1n) is 7.13.